The van der Waals surface area contributed by atoms with Crippen molar-refractivity contribution in [1.82, 2.24) is 0 Å². The number of esters is 1. The number of nitrogen functional groups attached to an aromatic ring is 1. The van der Waals surface area contributed by atoms with E-state index in [0.29, 0.717) is 23.9 Å². The number of carbonyl (C=O) groups is 1. The number of rotatable bonds is 3. The normalized spacial score (nSPS) is 18.7. The number of nitrogens with zero attached hydrogens (tertiary/aromatic N) is 1. The fraction of sp³-hybridized carbons (Fsp3) is 0.462. The SMILES string of the molecule is COC(=O)c1cc(N(C)C2CCOC2)ccc1N. The average Bonchev–Trinajstić information content (AvgIpc) is 2.91. The van der Waals surface area contributed by atoms with Crippen LogP contribution >= 0.6 is 0 Å². The summed E-state index contributed by atoms with van der Waals surface area (Å²) in [4.78, 5) is 13.7. The van der Waals surface area contributed by atoms with Crippen molar-refractivity contribution in [3.05, 3.63) is 23.8 Å². The third-order valence-corrected chi connectivity index (χ3v) is 3.30. The van der Waals surface area contributed by atoms with Crippen LogP contribution in [0.3, 0.4) is 0 Å². The number of nitrogens with two attached hydrogens (primary N) is 1. The lowest BCUT2D eigenvalue weighted by Gasteiger charge is -2.26. The summed E-state index contributed by atoms with van der Waals surface area (Å²) in [5.74, 6) is -0.412. The standard InChI is InChI=1S/C13H18N2O3/c1-15(10-5-6-18-8-10)9-3-4-12(14)11(7-9)13(16)17-2/h3-4,7,10H,5-6,8,14H2,1-2H3. The first kappa shape index (κ1) is 12.7. The van der Waals surface area contributed by atoms with Crippen molar-refractivity contribution in [3.8, 4) is 0 Å². The highest BCUT2D eigenvalue weighted by Crippen LogP contribution is 2.24. The largest absolute Gasteiger partial charge is 0.465 e. The van der Waals surface area contributed by atoms with E-state index in [9.17, 15) is 4.79 Å². The van der Waals surface area contributed by atoms with Gasteiger partial charge in [-0.2, -0.15) is 0 Å². The first-order chi connectivity index (χ1) is 8.63. The Hall–Kier alpha value is -1.75. The maximum Gasteiger partial charge on any atom is 0.340 e. The van der Waals surface area contributed by atoms with E-state index in [-0.39, 0.29) is 0 Å². The molecule has 1 aliphatic rings. The molecule has 0 bridgehead atoms. The zero-order valence-electron chi connectivity index (χ0n) is 10.7. The molecule has 1 atom stereocenters. The van der Waals surface area contributed by atoms with Crippen LogP contribution in [0.15, 0.2) is 18.2 Å². The van der Waals surface area contributed by atoms with Crippen LogP contribution in [-0.4, -0.2) is 39.4 Å². The number of ether oxygens (including phenoxy) is 2. The van der Waals surface area contributed by atoms with Crippen molar-refractivity contribution in [2.75, 3.05) is 38.0 Å². The predicted octanol–water partition coefficient (Wildman–Crippen LogP) is 1.28. The van der Waals surface area contributed by atoms with Gasteiger partial charge in [-0.05, 0) is 24.6 Å². The molecule has 1 aliphatic heterocycles. The lowest BCUT2D eigenvalue weighted by Crippen LogP contribution is -2.31. The van der Waals surface area contributed by atoms with Crippen molar-refractivity contribution in [3.63, 3.8) is 0 Å². The molecule has 5 heteroatoms. The summed E-state index contributed by atoms with van der Waals surface area (Å²) < 4.78 is 10.1. The molecule has 0 amide bonds. The Kier molecular flexibility index (Phi) is 3.72. The zero-order valence-corrected chi connectivity index (χ0v) is 10.7. The summed E-state index contributed by atoms with van der Waals surface area (Å²) in [5.41, 5.74) is 7.56. The fourth-order valence-corrected chi connectivity index (χ4v) is 2.09. The lowest BCUT2D eigenvalue weighted by atomic mass is 10.1. The minimum atomic E-state index is -0.412. The molecule has 18 heavy (non-hydrogen) atoms. The van der Waals surface area contributed by atoms with Gasteiger partial charge in [-0.3, -0.25) is 0 Å². The molecule has 0 radical (unpaired) electrons. The van der Waals surface area contributed by atoms with Gasteiger partial charge in [0, 0.05) is 25.0 Å². The number of methoxy groups -OCH3 is 1. The van der Waals surface area contributed by atoms with Crippen molar-refractivity contribution in [1.29, 1.82) is 0 Å². The van der Waals surface area contributed by atoms with Gasteiger partial charge in [0.1, 0.15) is 0 Å². The molecule has 1 saturated heterocycles. The molecule has 1 heterocycles. The first-order valence-corrected chi connectivity index (χ1v) is 5.92. The van der Waals surface area contributed by atoms with E-state index in [1.165, 1.54) is 7.11 Å². The first-order valence-electron chi connectivity index (χ1n) is 5.92. The highest BCUT2D eigenvalue weighted by Gasteiger charge is 2.21. The minimum absolute atomic E-state index is 0.346. The van der Waals surface area contributed by atoms with Gasteiger partial charge >= 0.3 is 5.97 Å². The van der Waals surface area contributed by atoms with Gasteiger partial charge in [0.25, 0.3) is 0 Å². The monoisotopic (exact) mass is 250 g/mol. The molecule has 1 aromatic carbocycles. The fourth-order valence-electron chi connectivity index (χ4n) is 2.09. The van der Waals surface area contributed by atoms with Gasteiger partial charge in [-0.15, -0.1) is 0 Å². The third kappa shape index (κ3) is 2.41. The second-order valence-corrected chi connectivity index (χ2v) is 4.39. The molecule has 5 nitrogen and oxygen atoms in total. The number of hydrogen-bond donors (Lipinski definition) is 1. The van der Waals surface area contributed by atoms with Crippen LogP contribution in [0.5, 0.6) is 0 Å². The van der Waals surface area contributed by atoms with Crippen LogP contribution in [-0.2, 0) is 9.47 Å². The van der Waals surface area contributed by atoms with E-state index in [2.05, 4.69) is 4.90 Å². The molecule has 2 N–H and O–H groups in total. The van der Waals surface area contributed by atoms with Gasteiger partial charge < -0.3 is 20.1 Å². The summed E-state index contributed by atoms with van der Waals surface area (Å²) in [6.07, 6.45) is 0.994. The van der Waals surface area contributed by atoms with Crippen molar-refractivity contribution in [2.45, 2.75) is 12.5 Å². The van der Waals surface area contributed by atoms with Gasteiger partial charge in [-0.1, -0.05) is 0 Å². The van der Waals surface area contributed by atoms with Gasteiger partial charge in [-0.25, -0.2) is 4.79 Å². The Morgan fingerprint density at radius 3 is 2.94 bits per heavy atom. The highest BCUT2D eigenvalue weighted by molar-refractivity contribution is 5.96. The highest BCUT2D eigenvalue weighted by atomic mass is 16.5. The summed E-state index contributed by atoms with van der Waals surface area (Å²) in [7, 11) is 3.34. The molecule has 98 valence electrons. The number of hydrogen-bond acceptors (Lipinski definition) is 5. The smallest absolute Gasteiger partial charge is 0.340 e. The van der Waals surface area contributed by atoms with Crippen molar-refractivity contribution in [2.24, 2.45) is 0 Å². The van der Waals surface area contributed by atoms with Crippen molar-refractivity contribution >= 4 is 17.3 Å². The van der Waals surface area contributed by atoms with Crippen molar-refractivity contribution < 1.29 is 14.3 Å². The quantitative estimate of drug-likeness (QED) is 0.646. The van der Waals surface area contributed by atoms with Crippen LogP contribution in [0.1, 0.15) is 16.8 Å². The Bertz CT molecular complexity index is 442. The number of likely N-dealkylation sites (N-methyl/N-ethyl adjacent to an activating group) is 1. The molecule has 0 aromatic heterocycles. The molecule has 0 spiro atoms. The second kappa shape index (κ2) is 5.27. The average molecular weight is 250 g/mol. The summed E-state index contributed by atoms with van der Waals surface area (Å²) >= 11 is 0. The Balaban J connectivity index is 2.25. The maximum atomic E-state index is 11.6. The van der Waals surface area contributed by atoms with Crippen LogP contribution in [0.4, 0.5) is 11.4 Å². The molecule has 0 aliphatic carbocycles. The van der Waals surface area contributed by atoms with E-state index >= 15 is 0 Å². The van der Waals surface area contributed by atoms with E-state index in [0.717, 1.165) is 18.7 Å². The van der Waals surface area contributed by atoms with Gasteiger partial charge in [0.05, 0.1) is 25.3 Å². The van der Waals surface area contributed by atoms with E-state index < -0.39 is 5.97 Å². The zero-order chi connectivity index (χ0) is 13.1. The molecule has 2 rings (SSSR count). The molecule has 1 fully saturated rings. The molecule has 1 aromatic rings. The number of benzene rings is 1. The van der Waals surface area contributed by atoms with Gasteiger partial charge in [0.15, 0.2) is 0 Å². The Morgan fingerprint density at radius 1 is 1.56 bits per heavy atom. The topological polar surface area (TPSA) is 64.8 Å². The second-order valence-electron chi connectivity index (χ2n) is 4.39. The minimum Gasteiger partial charge on any atom is -0.465 e. The summed E-state index contributed by atoms with van der Waals surface area (Å²) in [6, 6.07) is 5.74. The Morgan fingerprint density at radius 2 is 2.33 bits per heavy atom. The molecule has 0 saturated carbocycles. The molecular weight excluding hydrogens is 232 g/mol. The van der Waals surface area contributed by atoms with Crippen LogP contribution in [0.2, 0.25) is 0 Å². The number of carbonyl (C=O) groups excluding carboxylic acids is 1. The molecular formula is C13H18N2O3. The Labute approximate surface area is 106 Å². The van der Waals surface area contributed by atoms with E-state index in [4.69, 9.17) is 15.2 Å². The third-order valence-electron chi connectivity index (χ3n) is 3.30. The number of anilines is 2. The predicted molar refractivity (Wildman–Crippen MR) is 69.8 cm³/mol. The van der Waals surface area contributed by atoms with Crippen LogP contribution in [0.25, 0.3) is 0 Å². The van der Waals surface area contributed by atoms with E-state index in [1.807, 2.05) is 13.1 Å². The summed E-state index contributed by atoms with van der Waals surface area (Å²) in [5, 5.41) is 0. The van der Waals surface area contributed by atoms with Gasteiger partial charge in [0.2, 0.25) is 0 Å². The maximum absolute atomic E-state index is 11.6. The lowest BCUT2D eigenvalue weighted by molar-refractivity contribution is 0.0602. The molecule has 1 unspecified atom stereocenters. The summed E-state index contributed by atoms with van der Waals surface area (Å²) in [6.45, 7) is 1.50. The van der Waals surface area contributed by atoms with Crippen LogP contribution in [0, 0.1) is 0 Å². The van der Waals surface area contributed by atoms with E-state index in [1.54, 1.807) is 12.1 Å². The van der Waals surface area contributed by atoms with Crippen LogP contribution < -0.4 is 10.6 Å².